The Morgan fingerprint density at radius 2 is 2.07 bits per heavy atom. The summed E-state index contributed by atoms with van der Waals surface area (Å²) in [6.07, 6.45) is 1.01. The van der Waals surface area contributed by atoms with Gasteiger partial charge in [-0.15, -0.1) is 0 Å². The van der Waals surface area contributed by atoms with Crippen LogP contribution < -0.4 is 10.1 Å². The van der Waals surface area contributed by atoms with Crippen molar-refractivity contribution in [2.24, 2.45) is 0 Å². The first kappa shape index (κ1) is 12.1. The third-order valence-electron chi connectivity index (χ3n) is 2.44. The van der Waals surface area contributed by atoms with E-state index in [1.807, 2.05) is 0 Å². The molecule has 0 aliphatic carbocycles. The van der Waals surface area contributed by atoms with Crippen molar-refractivity contribution in [2.75, 3.05) is 7.11 Å². The Labute approximate surface area is 92.6 Å². The molecule has 1 aromatic rings. The molecule has 1 aromatic carbocycles. The molecular formula is C13H21NO. The lowest BCUT2D eigenvalue weighted by Gasteiger charge is -2.11. The number of hydrogen-bond acceptors (Lipinski definition) is 2. The second-order valence-corrected chi connectivity index (χ2v) is 4.04. The van der Waals surface area contributed by atoms with Gasteiger partial charge in [-0.2, -0.15) is 0 Å². The molecule has 2 nitrogen and oxygen atoms in total. The Hall–Kier alpha value is -1.02. The summed E-state index contributed by atoms with van der Waals surface area (Å²) in [5, 5.41) is 3.41. The van der Waals surface area contributed by atoms with Crippen molar-refractivity contribution in [2.45, 2.75) is 39.8 Å². The molecule has 0 aromatic heterocycles. The first-order valence-corrected chi connectivity index (χ1v) is 5.56. The average molecular weight is 207 g/mol. The largest absolute Gasteiger partial charge is 0.496 e. The van der Waals surface area contributed by atoms with Gasteiger partial charge in [0, 0.05) is 12.6 Å². The fourth-order valence-corrected chi connectivity index (χ4v) is 1.54. The minimum absolute atomic E-state index is 0.525. The van der Waals surface area contributed by atoms with Crippen molar-refractivity contribution >= 4 is 0 Å². The van der Waals surface area contributed by atoms with E-state index < -0.39 is 0 Å². The molecular weight excluding hydrogens is 186 g/mol. The number of benzene rings is 1. The molecule has 0 aliphatic heterocycles. The fourth-order valence-electron chi connectivity index (χ4n) is 1.54. The topological polar surface area (TPSA) is 21.3 Å². The number of rotatable bonds is 5. The van der Waals surface area contributed by atoms with Gasteiger partial charge in [-0.05, 0) is 23.6 Å². The molecule has 0 saturated heterocycles. The molecule has 1 N–H and O–H groups in total. The molecule has 84 valence electrons. The maximum absolute atomic E-state index is 5.30. The fraction of sp³-hybridized carbons (Fsp3) is 0.538. The molecule has 0 heterocycles. The van der Waals surface area contributed by atoms with Crippen molar-refractivity contribution in [1.29, 1.82) is 0 Å². The minimum atomic E-state index is 0.525. The van der Waals surface area contributed by atoms with E-state index in [1.54, 1.807) is 7.11 Å². The summed E-state index contributed by atoms with van der Waals surface area (Å²) in [5.41, 5.74) is 2.60. The molecule has 0 spiro atoms. The Balaban J connectivity index is 2.74. The van der Waals surface area contributed by atoms with Gasteiger partial charge in [-0.1, -0.05) is 32.9 Å². The molecule has 0 aliphatic rings. The average Bonchev–Trinajstić information content (AvgIpc) is 2.25. The molecule has 0 atom stereocenters. The van der Waals surface area contributed by atoms with E-state index in [2.05, 4.69) is 44.3 Å². The van der Waals surface area contributed by atoms with Crippen LogP contribution in [0.1, 0.15) is 31.9 Å². The first-order valence-electron chi connectivity index (χ1n) is 5.56. The van der Waals surface area contributed by atoms with Crippen LogP contribution in [0.4, 0.5) is 0 Å². The van der Waals surface area contributed by atoms with E-state index in [1.165, 1.54) is 11.1 Å². The second-order valence-electron chi connectivity index (χ2n) is 4.04. The molecule has 0 amide bonds. The van der Waals surface area contributed by atoms with Gasteiger partial charge in [0.05, 0.1) is 7.11 Å². The van der Waals surface area contributed by atoms with Crippen LogP contribution in [0.15, 0.2) is 18.2 Å². The highest BCUT2D eigenvalue weighted by molar-refractivity contribution is 5.37. The Morgan fingerprint density at radius 3 is 2.60 bits per heavy atom. The van der Waals surface area contributed by atoms with Crippen LogP contribution in [0, 0.1) is 0 Å². The number of nitrogens with one attached hydrogen (secondary N) is 1. The molecule has 0 unspecified atom stereocenters. The SMILES string of the molecule is CCc1cc(CNC(C)C)ccc1OC. The monoisotopic (exact) mass is 207 g/mol. The van der Waals surface area contributed by atoms with E-state index in [9.17, 15) is 0 Å². The quantitative estimate of drug-likeness (QED) is 0.801. The van der Waals surface area contributed by atoms with Crippen LogP contribution >= 0.6 is 0 Å². The third kappa shape index (κ3) is 3.56. The minimum Gasteiger partial charge on any atom is -0.496 e. The Kier molecular flexibility index (Phi) is 4.63. The standard InChI is InChI=1S/C13H21NO/c1-5-12-8-11(9-14-10(2)3)6-7-13(12)15-4/h6-8,10,14H,5,9H2,1-4H3. The summed E-state index contributed by atoms with van der Waals surface area (Å²) in [5.74, 6) is 0.991. The van der Waals surface area contributed by atoms with Crippen molar-refractivity contribution in [3.63, 3.8) is 0 Å². The first-order chi connectivity index (χ1) is 7.17. The van der Waals surface area contributed by atoms with Crippen LogP contribution in [-0.2, 0) is 13.0 Å². The summed E-state index contributed by atoms with van der Waals surface area (Å²) < 4.78 is 5.30. The lowest BCUT2D eigenvalue weighted by Crippen LogP contribution is -2.21. The lowest BCUT2D eigenvalue weighted by atomic mass is 10.1. The normalized spacial score (nSPS) is 10.7. The number of aryl methyl sites for hydroxylation is 1. The van der Waals surface area contributed by atoms with Gasteiger partial charge in [0.1, 0.15) is 5.75 Å². The van der Waals surface area contributed by atoms with Crippen molar-refractivity contribution in [3.8, 4) is 5.75 Å². The molecule has 0 fully saturated rings. The van der Waals surface area contributed by atoms with E-state index in [4.69, 9.17) is 4.74 Å². The predicted molar refractivity (Wildman–Crippen MR) is 64.3 cm³/mol. The van der Waals surface area contributed by atoms with Crippen molar-refractivity contribution in [3.05, 3.63) is 29.3 Å². The van der Waals surface area contributed by atoms with Crippen LogP contribution in [-0.4, -0.2) is 13.2 Å². The van der Waals surface area contributed by atoms with Crippen LogP contribution in [0.3, 0.4) is 0 Å². The van der Waals surface area contributed by atoms with Crippen molar-refractivity contribution in [1.82, 2.24) is 5.32 Å². The summed E-state index contributed by atoms with van der Waals surface area (Å²) in [7, 11) is 1.72. The van der Waals surface area contributed by atoms with Gasteiger partial charge in [0.2, 0.25) is 0 Å². The van der Waals surface area contributed by atoms with Gasteiger partial charge in [-0.3, -0.25) is 0 Å². The van der Waals surface area contributed by atoms with Crippen LogP contribution in [0.5, 0.6) is 5.75 Å². The smallest absolute Gasteiger partial charge is 0.122 e. The summed E-state index contributed by atoms with van der Waals surface area (Å²) in [6, 6.07) is 6.91. The highest BCUT2D eigenvalue weighted by atomic mass is 16.5. The van der Waals surface area contributed by atoms with Gasteiger partial charge in [0.15, 0.2) is 0 Å². The van der Waals surface area contributed by atoms with Crippen LogP contribution in [0.25, 0.3) is 0 Å². The van der Waals surface area contributed by atoms with E-state index in [0.29, 0.717) is 6.04 Å². The van der Waals surface area contributed by atoms with Gasteiger partial charge in [-0.25, -0.2) is 0 Å². The predicted octanol–water partition coefficient (Wildman–Crippen LogP) is 2.76. The number of hydrogen-bond donors (Lipinski definition) is 1. The second kappa shape index (κ2) is 5.76. The molecule has 0 saturated carbocycles. The van der Waals surface area contributed by atoms with Crippen LogP contribution in [0.2, 0.25) is 0 Å². The number of ether oxygens (including phenoxy) is 1. The van der Waals surface area contributed by atoms with Gasteiger partial charge >= 0.3 is 0 Å². The molecule has 0 radical (unpaired) electrons. The number of methoxy groups -OCH3 is 1. The summed E-state index contributed by atoms with van der Waals surface area (Å²) in [4.78, 5) is 0. The highest BCUT2D eigenvalue weighted by Crippen LogP contribution is 2.20. The van der Waals surface area contributed by atoms with E-state index in [0.717, 1.165) is 18.7 Å². The van der Waals surface area contributed by atoms with E-state index in [-0.39, 0.29) is 0 Å². The zero-order valence-electron chi connectivity index (χ0n) is 10.1. The van der Waals surface area contributed by atoms with Gasteiger partial charge in [0.25, 0.3) is 0 Å². The molecule has 0 bridgehead atoms. The maximum Gasteiger partial charge on any atom is 0.122 e. The zero-order valence-corrected chi connectivity index (χ0v) is 10.1. The lowest BCUT2D eigenvalue weighted by molar-refractivity contribution is 0.410. The van der Waals surface area contributed by atoms with Crippen molar-refractivity contribution < 1.29 is 4.74 Å². The van der Waals surface area contributed by atoms with Gasteiger partial charge < -0.3 is 10.1 Å². The highest BCUT2D eigenvalue weighted by Gasteiger charge is 2.02. The Morgan fingerprint density at radius 1 is 1.33 bits per heavy atom. The maximum atomic E-state index is 5.30. The zero-order chi connectivity index (χ0) is 11.3. The third-order valence-corrected chi connectivity index (χ3v) is 2.44. The molecule has 2 heteroatoms. The molecule has 15 heavy (non-hydrogen) atoms. The molecule has 1 rings (SSSR count). The summed E-state index contributed by atoms with van der Waals surface area (Å²) in [6.45, 7) is 7.39. The summed E-state index contributed by atoms with van der Waals surface area (Å²) >= 11 is 0. The van der Waals surface area contributed by atoms with E-state index >= 15 is 0 Å². The Bertz CT molecular complexity index is 307.